The molecule has 18 heteroatoms. The summed E-state index contributed by atoms with van der Waals surface area (Å²) in [5, 5.41) is 21.5. The van der Waals surface area contributed by atoms with Gasteiger partial charge in [0.05, 0.1) is 45.6 Å². The lowest BCUT2D eigenvalue weighted by Crippen LogP contribution is -2.54. The molecule has 2 N–H and O–H groups in total. The van der Waals surface area contributed by atoms with E-state index in [0.29, 0.717) is 52.4 Å². The van der Waals surface area contributed by atoms with Crippen molar-refractivity contribution in [3.8, 4) is 22.3 Å². The fourth-order valence-corrected chi connectivity index (χ4v) is 14.1. The second-order valence-electron chi connectivity index (χ2n) is 25.1. The third-order valence-electron chi connectivity index (χ3n) is 18.6. The molecule has 0 bridgehead atoms. The van der Waals surface area contributed by atoms with Crippen molar-refractivity contribution in [2.45, 2.75) is 158 Å². The summed E-state index contributed by atoms with van der Waals surface area (Å²) in [4.78, 5) is 38.2. The van der Waals surface area contributed by atoms with Crippen molar-refractivity contribution >= 4 is 16.6 Å². The minimum atomic E-state index is -4.71. The van der Waals surface area contributed by atoms with E-state index in [2.05, 4.69) is 76.3 Å². The Morgan fingerprint density at radius 2 is 1.54 bits per heavy atom. The topological polar surface area (TPSA) is 154 Å². The maximum absolute atomic E-state index is 16.3. The molecular formula is C61H66F4N11O3+. The van der Waals surface area contributed by atoms with Crippen LogP contribution in [0.25, 0.3) is 38.9 Å². The van der Waals surface area contributed by atoms with Gasteiger partial charge in [-0.05, 0) is 142 Å². The lowest BCUT2D eigenvalue weighted by atomic mass is 9.58. The standard InChI is InChI=1S/C61H66F4N11O3/c1-35-23-58(24-35,54-71-68-33-73(54)6)41-13-9-12-40(21-41)46-32-79-50-44(49(46)77)22-48(69-51(50)60(62)17-18-60)37(3)70-57(5)27-43(28-57)76-34-74(7)55(72-76)59(25-36(2)26-59)42-14-8-11-39(20-42)45-30-66-52-47(61(63,64)65)19-38(31-75(52)53(45)78)29-67-56(4)15-10-16-56/h8-9,11-14,19-22,30-37,43,67,70H,10,15-18,23-29H2,1-7H3/q+1. The maximum Gasteiger partial charge on any atom is 0.419 e. The summed E-state index contributed by atoms with van der Waals surface area (Å²) >= 11 is 0. The first-order valence-electron chi connectivity index (χ1n) is 27.9. The third kappa shape index (κ3) is 8.56. The van der Waals surface area contributed by atoms with Gasteiger partial charge in [0.15, 0.2) is 16.9 Å². The van der Waals surface area contributed by atoms with Crippen LogP contribution in [-0.4, -0.2) is 50.0 Å². The molecule has 14 nitrogen and oxygen atoms in total. The molecule has 2 aromatic carbocycles. The summed E-state index contributed by atoms with van der Waals surface area (Å²) in [6, 6.07) is 18.4. The van der Waals surface area contributed by atoms with Crippen molar-refractivity contribution in [3.63, 3.8) is 0 Å². The molecule has 5 aliphatic carbocycles. The summed E-state index contributed by atoms with van der Waals surface area (Å²) in [5.74, 6) is 2.69. The van der Waals surface area contributed by atoms with Crippen LogP contribution >= 0.6 is 0 Å². The maximum atomic E-state index is 16.3. The van der Waals surface area contributed by atoms with Gasteiger partial charge >= 0.3 is 6.18 Å². The Morgan fingerprint density at radius 1 is 0.873 bits per heavy atom. The molecule has 5 fully saturated rings. The van der Waals surface area contributed by atoms with E-state index < -0.39 is 34.0 Å². The first-order chi connectivity index (χ1) is 37.6. The lowest BCUT2D eigenvalue weighted by molar-refractivity contribution is -0.684. The quantitative estimate of drug-likeness (QED) is 0.0795. The Bertz CT molecular complexity index is 3870. The van der Waals surface area contributed by atoms with Crippen LogP contribution < -0.4 is 26.2 Å². The molecule has 0 saturated heterocycles. The Morgan fingerprint density at radius 3 is 2.16 bits per heavy atom. The van der Waals surface area contributed by atoms with Gasteiger partial charge < -0.3 is 19.6 Å². The summed E-state index contributed by atoms with van der Waals surface area (Å²) in [6.45, 7) is 10.9. The van der Waals surface area contributed by atoms with Crippen LogP contribution in [0, 0.1) is 11.8 Å². The van der Waals surface area contributed by atoms with Crippen LogP contribution in [0.4, 0.5) is 17.6 Å². The van der Waals surface area contributed by atoms with Gasteiger partial charge in [-0.15, -0.1) is 14.9 Å². The summed E-state index contributed by atoms with van der Waals surface area (Å²) in [5.41, 5.74) is 0.0915. The third-order valence-corrected chi connectivity index (χ3v) is 18.6. The Balaban J connectivity index is 0.754. The number of fused-ring (bicyclic) bond motifs is 2. The number of aromatic nitrogens is 9. The molecule has 0 amide bonds. The molecule has 13 rings (SSSR count). The SMILES string of the molecule is CC1CC(c2cccc(-c3coc4c(C5(F)CC5)nc(C(C)NC5(C)CC(n6c[n+](C)c(C7(c8cccc(-c9cnc%10c(C(F)(F)F)cc(CNC%11(C)CCC%11)cn%10c9=O)c8)CC(C)C7)n6)C5)cc4c3=O)c2)(c2nncn2C)C1. The lowest BCUT2D eigenvalue weighted by Gasteiger charge is -2.46. The van der Waals surface area contributed by atoms with Gasteiger partial charge in [0.25, 0.3) is 11.4 Å². The van der Waals surface area contributed by atoms with E-state index in [9.17, 15) is 22.8 Å². The molecule has 0 radical (unpaired) electrons. The van der Waals surface area contributed by atoms with Gasteiger partial charge in [-0.2, -0.15) is 13.2 Å². The van der Waals surface area contributed by atoms with Gasteiger partial charge in [0.2, 0.25) is 11.8 Å². The van der Waals surface area contributed by atoms with E-state index in [1.807, 2.05) is 66.9 Å². The molecule has 6 aromatic heterocycles. The van der Waals surface area contributed by atoms with Crippen LogP contribution in [0.5, 0.6) is 0 Å². The fourth-order valence-electron chi connectivity index (χ4n) is 14.1. The van der Waals surface area contributed by atoms with Crippen LogP contribution in [0.2, 0.25) is 0 Å². The van der Waals surface area contributed by atoms with Crippen LogP contribution in [0.1, 0.15) is 163 Å². The van der Waals surface area contributed by atoms with Crippen LogP contribution in [0.3, 0.4) is 0 Å². The van der Waals surface area contributed by atoms with Crippen LogP contribution in [0.15, 0.2) is 106 Å². The van der Waals surface area contributed by atoms with E-state index in [1.165, 1.54) is 18.7 Å². The zero-order chi connectivity index (χ0) is 55.2. The molecule has 410 valence electrons. The number of pyridine rings is 2. The molecule has 79 heavy (non-hydrogen) atoms. The summed E-state index contributed by atoms with van der Waals surface area (Å²) in [6.07, 6.45) is 11.8. The zero-order valence-electron chi connectivity index (χ0n) is 45.7. The van der Waals surface area contributed by atoms with Crippen LogP contribution in [-0.2, 0) is 43.3 Å². The molecule has 6 heterocycles. The highest BCUT2D eigenvalue weighted by molar-refractivity contribution is 5.84. The monoisotopic (exact) mass is 1080 g/mol. The molecule has 0 aliphatic heterocycles. The van der Waals surface area contributed by atoms with Gasteiger partial charge in [0, 0.05) is 61.0 Å². The first kappa shape index (κ1) is 51.5. The fraction of sp³-hybridized carbons (Fsp3) is 0.475. The second kappa shape index (κ2) is 18.0. The Hall–Kier alpha value is -6.92. The molecule has 1 unspecified atom stereocenters. The van der Waals surface area contributed by atoms with E-state index >= 15 is 4.39 Å². The first-order valence-corrected chi connectivity index (χ1v) is 27.9. The number of alkyl halides is 4. The van der Waals surface area contributed by atoms with Crippen molar-refractivity contribution in [1.29, 1.82) is 0 Å². The average Bonchev–Trinajstić information content (AvgIpc) is 4.07. The number of nitrogens with zero attached hydrogens (tertiary/aromatic N) is 9. The van der Waals surface area contributed by atoms with E-state index in [-0.39, 0.29) is 57.4 Å². The van der Waals surface area contributed by atoms with Gasteiger partial charge in [0.1, 0.15) is 30.2 Å². The second-order valence-corrected chi connectivity index (χ2v) is 25.1. The van der Waals surface area contributed by atoms with Crippen molar-refractivity contribution in [3.05, 3.63) is 158 Å². The molecule has 1 atom stereocenters. The van der Waals surface area contributed by atoms with Gasteiger partial charge in [-0.1, -0.05) is 50.2 Å². The number of nitrogens with one attached hydrogen (secondary N) is 2. The number of benzene rings is 2. The predicted octanol–water partition coefficient (Wildman–Crippen LogP) is 10.6. The smallest absolute Gasteiger partial charge is 0.419 e. The van der Waals surface area contributed by atoms with E-state index in [1.54, 1.807) is 12.4 Å². The summed E-state index contributed by atoms with van der Waals surface area (Å²) < 4.78 is 73.2. The molecule has 0 spiro atoms. The van der Waals surface area contributed by atoms with E-state index in [0.717, 1.165) is 96.6 Å². The average molecular weight is 1080 g/mol. The molecule has 5 saturated carbocycles. The van der Waals surface area contributed by atoms with Crippen molar-refractivity contribution < 1.29 is 26.5 Å². The highest BCUT2D eigenvalue weighted by atomic mass is 19.4. The highest BCUT2D eigenvalue weighted by Crippen LogP contribution is 2.54. The van der Waals surface area contributed by atoms with E-state index in [4.69, 9.17) is 14.5 Å². The number of aryl methyl sites for hydroxylation is 2. The minimum absolute atomic E-state index is 0.0644. The van der Waals surface area contributed by atoms with Gasteiger partial charge in [-0.25, -0.2) is 18.9 Å². The number of hydrogen-bond donors (Lipinski definition) is 2. The molecule has 8 aromatic rings. The van der Waals surface area contributed by atoms with Gasteiger partial charge in [-0.3, -0.25) is 14.0 Å². The number of rotatable bonds is 14. The molecule has 5 aliphatic rings. The van der Waals surface area contributed by atoms with Crippen molar-refractivity contribution in [2.24, 2.45) is 25.9 Å². The Kier molecular flexibility index (Phi) is 11.8. The number of halogens is 4. The molecular weight excluding hydrogens is 1010 g/mol. The predicted molar refractivity (Wildman–Crippen MR) is 290 cm³/mol. The van der Waals surface area contributed by atoms with Crippen molar-refractivity contribution in [2.75, 3.05) is 0 Å². The largest absolute Gasteiger partial charge is 0.461 e. The number of hydrogen-bond acceptors (Lipinski definition) is 10. The Labute approximate surface area is 454 Å². The zero-order valence-corrected chi connectivity index (χ0v) is 45.7. The normalized spacial score (nSPS) is 26.3. The minimum Gasteiger partial charge on any atom is -0.461 e. The highest BCUT2D eigenvalue weighted by Gasteiger charge is 2.55. The summed E-state index contributed by atoms with van der Waals surface area (Å²) in [7, 11) is 3.96. The van der Waals surface area contributed by atoms with Crippen molar-refractivity contribution in [1.82, 2.24) is 49.5 Å².